The number of rotatable bonds is 7. The first-order valence-corrected chi connectivity index (χ1v) is 8.31. The molecule has 0 fully saturated rings. The zero-order valence-electron chi connectivity index (χ0n) is 15.4. The van der Waals surface area contributed by atoms with Gasteiger partial charge in [-0.3, -0.25) is 55.6 Å². The fraction of sp³-hybridized carbons (Fsp3) is 0.0625. The summed E-state index contributed by atoms with van der Waals surface area (Å²) >= 11 is 0. The van der Waals surface area contributed by atoms with Crippen LogP contribution >= 0.6 is 0 Å². The molecule has 3 rings (SSSR count). The van der Waals surface area contributed by atoms with E-state index in [2.05, 4.69) is 4.99 Å². The van der Waals surface area contributed by atoms with Crippen molar-refractivity contribution in [1.29, 1.82) is 0 Å². The van der Waals surface area contributed by atoms with E-state index in [1.54, 1.807) is 0 Å². The summed E-state index contributed by atoms with van der Waals surface area (Å²) in [4.78, 5) is 55.7. The summed E-state index contributed by atoms with van der Waals surface area (Å²) in [6.07, 6.45) is 0. The summed E-state index contributed by atoms with van der Waals surface area (Å²) in [5.74, 6) is 0. The molecule has 2 aromatic rings. The number of nitro benzene ring substituents is 4. The number of hydrogen-bond donors (Lipinski definition) is 0. The van der Waals surface area contributed by atoms with Gasteiger partial charge in [0, 0.05) is 12.1 Å². The number of nitro groups is 5. The van der Waals surface area contributed by atoms with Crippen LogP contribution in [0.4, 0.5) is 22.7 Å². The van der Waals surface area contributed by atoms with E-state index in [9.17, 15) is 50.6 Å². The highest BCUT2D eigenvalue weighted by molar-refractivity contribution is 6.19. The molecule has 1 heterocycles. The van der Waals surface area contributed by atoms with Crippen molar-refractivity contribution in [2.75, 3.05) is 6.54 Å². The maximum atomic E-state index is 11.8. The molecule has 0 unspecified atom stereocenters. The van der Waals surface area contributed by atoms with Crippen LogP contribution in [0, 0.1) is 50.6 Å². The molecule has 0 atom stereocenters. The Kier molecular flexibility index (Phi) is 5.35. The van der Waals surface area contributed by atoms with Gasteiger partial charge in [0.1, 0.15) is 0 Å². The molecular weight excluding hydrogens is 436 g/mol. The van der Waals surface area contributed by atoms with Crippen molar-refractivity contribution in [3.63, 3.8) is 0 Å². The lowest BCUT2D eigenvalue weighted by atomic mass is 9.98. The number of nitrogens with zero attached hydrogens (tertiary/aromatic N) is 6. The van der Waals surface area contributed by atoms with E-state index in [1.165, 1.54) is 0 Å². The summed E-state index contributed by atoms with van der Waals surface area (Å²) in [5, 5.41) is 56.5. The van der Waals surface area contributed by atoms with E-state index in [1.807, 2.05) is 0 Å². The van der Waals surface area contributed by atoms with Crippen LogP contribution in [-0.4, -0.2) is 36.9 Å². The average molecular weight is 444 g/mol. The van der Waals surface area contributed by atoms with E-state index < -0.39 is 70.9 Å². The molecule has 1 aliphatic rings. The Morgan fingerprint density at radius 1 is 0.625 bits per heavy atom. The molecule has 0 aromatic heterocycles. The Hall–Kier alpha value is -5.15. The lowest BCUT2D eigenvalue weighted by Crippen LogP contribution is -2.14. The second-order valence-corrected chi connectivity index (χ2v) is 6.18. The Morgan fingerprint density at radius 3 is 1.53 bits per heavy atom. The van der Waals surface area contributed by atoms with E-state index in [4.69, 9.17) is 0 Å². The normalized spacial score (nSPS) is 12.9. The van der Waals surface area contributed by atoms with E-state index >= 15 is 0 Å². The van der Waals surface area contributed by atoms with Gasteiger partial charge in [0.15, 0.2) is 5.71 Å². The summed E-state index contributed by atoms with van der Waals surface area (Å²) in [6, 6.07) is 4.94. The molecule has 0 bridgehead atoms. The highest BCUT2D eigenvalue weighted by atomic mass is 16.6. The Morgan fingerprint density at radius 2 is 1.09 bits per heavy atom. The van der Waals surface area contributed by atoms with Crippen molar-refractivity contribution in [3.8, 4) is 0 Å². The predicted octanol–water partition coefficient (Wildman–Crippen LogP) is 2.81. The molecule has 2 aromatic carbocycles. The van der Waals surface area contributed by atoms with Gasteiger partial charge in [-0.1, -0.05) is 0 Å². The molecule has 0 aliphatic carbocycles. The molecule has 0 amide bonds. The minimum atomic E-state index is -0.977. The van der Waals surface area contributed by atoms with Crippen LogP contribution in [0.3, 0.4) is 0 Å². The molecule has 0 radical (unpaired) electrons. The number of aliphatic imine (C=N–C) groups is 1. The van der Waals surface area contributed by atoms with Gasteiger partial charge in [-0.25, -0.2) is 0 Å². The first kappa shape index (κ1) is 21.6. The SMILES string of the molecule is O=[N+]([O-])C1=C(c2ccc([N+](=O)[O-])cc2[N+](=O)[O-])CN=C1c1ccc([N+](=O)[O-])cc1[N+](=O)[O-]. The van der Waals surface area contributed by atoms with Crippen LogP contribution in [0.15, 0.2) is 47.1 Å². The highest BCUT2D eigenvalue weighted by Crippen LogP contribution is 2.37. The maximum absolute atomic E-state index is 11.8. The van der Waals surface area contributed by atoms with Gasteiger partial charge in [0.05, 0.1) is 60.0 Å². The first-order valence-electron chi connectivity index (χ1n) is 8.31. The maximum Gasteiger partial charge on any atom is 0.301 e. The third-order valence-electron chi connectivity index (χ3n) is 4.45. The predicted molar refractivity (Wildman–Crippen MR) is 105 cm³/mol. The lowest BCUT2D eigenvalue weighted by Gasteiger charge is -2.05. The summed E-state index contributed by atoms with van der Waals surface area (Å²) in [7, 11) is 0. The van der Waals surface area contributed by atoms with E-state index in [0.717, 1.165) is 24.3 Å². The zero-order valence-corrected chi connectivity index (χ0v) is 15.4. The minimum absolute atomic E-state index is 0.292. The topological polar surface area (TPSA) is 228 Å². The number of non-ortho nitro benzene ring substituents is 2. The molecule has 0 saturated heterocycles. The van der Waals surface area contributed by atoms with Crippen molar-refractivity contribution in [1.82, 2.24) is 0 Å². The molecule has 0 N–H and O–H groups in total. The fourth-order valence-electron chi connectivity index (χ4n) is 3.10. The van der Waals surface area contributed by atoms with Gasteiger partial charge < -0.3 is 0 Å². The molecule has 32 heavy (non-hydrogen) atoms. The molecule has 162 valence electrons. The third-order valence-corrected chi connectivity index (χ3v) is 4.45. The van der Waals surface area contributed by atoms with E-state index in [-0.39, 0.29) is 11.1 Å². The van der Waals surface area contributed by atoms with Gasteiger partial charge >= 0.3 is 5.70 Å². The largest absolute Gasteiger partial charge is 0.301 e. The Bertz CT molecular complexity index is 1300. The van der Waals surface area contributed by atoms with Crippen LogP contribution in [0.25, 0.3) is 5.57 Å². The van der Waals surface area contributed by atoms with Crippen molar-refractivity contribution in [2.24, 2.45) is 4.99 Å². The second kappa shape index (κ2) is 7.94. The highest BCUT2D eigenvalue weighted by Gasteiger charge is 2.38. The van der Waals surface area contributed by atoms with Crippen molar-refractivity contribution < 1.29 is 24.6 Å². The fourth-order valence-corrected chi connectivity index (χ4v) is 3.10. The summed E-state index contributed by atoms with van der Waals surface area (Å²) in [5.41, 5.74) is -5.16. The summed E-state index contributed by atoms with van der Waals surface area (Å²) < 4.78 is 0. The summed E-state index contributed by atoms with van der Waals surface area (Å²) in [6.45, 7) is -0.488. The van der Waals surface area contributed by atoms with Crippen LogP contribution in [0.5, 0.6) is 0 Å². The number of hydrogen-bond acceptors (Lipinski definition) is 11. The van der Waals surface area contributed by atoms with Crippen molar-refractivity contribution >= 4 is 34.0 Å². The van der Waals surface area contributed by atoms with E-state index in [0.29, 0.717) is 12.1 Å². The third kappa shape index (κ3) is 3.70. The minimum Gasteiger partial charge on any atom is -0.273 e. The second-order valence-electron chi connectivity index (χ2n) is 6.18. The molecule has 16 heteroatoms. The van der Waals surface area contributed by atoms with Crippen molar-refractivity contribution in [2.45, 2.75) is 0 Å². The zero-order chi connectivity index (χ0) is 23.7. The molecule has 1 aliphatic heterocycles. The molecule has 0 saturated carbocycles. The lowest BCUT2D eigenvalue weighted by molar-refractivity contribution is -0.414. The molecule has 0 spiro atoms. The average Bonchev–Trinajstić information content (AvgIpc) is 3.17. The van der Waals surface area contributed by atoms with Crippen LogP contribution in [-0.2, 0) is 0 Å². The van der Waals surface area contributed by atoms with Gasteiger partial charge in [0.25, 0.3) is 22.7 Å². The Balaban J connectivity index is 2.25. The molecular formula is C16H8N6O10. The van der Waals surface area contributed by atoms with Crippen LogP contribution in [0.2, 0.25) is 0 Å². The monoisotopic (exact) mass is 444 g/mol. The standard InChI is InChI=1S/C16H8N6O10/c23-18(24)8-1-3-10(13(5-8)20(27)28)12-7-17-15(16(12)22(31)32)11-4-2-9(19(25)26)6-14(11)21(29)30/h1-6H,7H2. The number of allylic oxidation sites excluding steroid dienone is 1. The van der Waals surface area contributed by atoms with Gasteiger partial charge in [0.2, 0.25) is 0 Å². The number of benzene rings is 2. The first-order chi connectivity index (χ1) is 15.0. The van der Waals surface area contributed by atoms with Gasteiger partial charge in [-0.2, -0.15) is 0 Å². The van der Waals surface area contributed by atoms with Gasteiger partial charge in [-0.15, -0.1) is 0 Å². The smallest absolute Gasteiger partial charge is 0.273 e. The quantitative estimate of drug-likeness (QED) is 0.447. The Labute approximate surface area is 174 Å². The van der Waals surface area contributed by atoms with Gasteiger partial charge in [-0.05, 0) is 12.1 Å². The van der Waals surface area contributed by atoms with Crippen molar-refractivity contribution in [3.05, 3.63) is 104 Å². The molecule has 16 nitrogen and oxygen atoms in total. The van der Waals surface area contributed by atoms with Crippen LogP contribution in [0.1, 0.15) is 11.1 Å². The van der Waals surface area contributed by atoms with Crippen LogP contribution < -0.4 is 0 Å².